The normalized spacial score (nSPS) is 10.2. The molecule has 3 rings (SSSR count). The zero-order valence-corrected chi connectivity index (χ0v) is 37.0. The average Bonchev–Trinajstić information content (AvgIpc) is 3.03. The van der Waals surface area contributed by atoms with E-state index in [0.29, 0.717) is 0 Å². The van der Waals surface area contributed by atoms with Crippen LogP contribution < -0.4 is 0 Å². The second-order valence-electron chi connectivity index (χ2n) is 11.1. The molecule has 0 aliphatic rings. The molecule has 0 N–H and O–H groups in total. The number of nitrogens with zero attached hydrogens (tertiary/aromatic N) is 2. The predicted molar refractivity (Wildman–Crippen MR) is 212 cm³/mol. The molecule has 258 valence electrons. The summed E-state index contributed by atoms with van der Waals surface area (Å²) in [6, 6.07) is 17.3. The third-order valence-electron chi connectivity index (χ3n) is 8.66. The van der Waals surface area contributed by atoms with Gasteiger partial charge >= 0.3 is 21.1 Å². The number of benzene rings is 3. The smallest absolute Gasteiger partial charge is 0.781 e. The Morgan fingerprint density at radius 2 is 0.522 bits per heavy atom. The summed E-state index contributed by atoms with van der Waals surface area (Å²) in [5, 5.41) is 0. The Kier molecular flexibility index (Phi) is 29.8. The van der Waals surface area contributed by atoms with Crippen LogP contribution >= 0.6 is 0 Å². The summed E-state index contributed by atoms with van der Waals surface area (Å²) < 4.78 is 2.56. The standard InChI is InChI=1S/2C8H20N.3C7H8S2.Mo/c2*1-5-9(6-2,7-3)8-4;3*1-5-2-3-6(8)7(9)4-5;/h2*5-8H2,1-4H3;3*2-4,8-9H,1H3;/q2*+1;;;;+4/p-6. The summed E-state index contributed by atoms with van der Waals surface area (Å²) in [6.45, 7) is 34.5. The minimum absolute atomic E-state index is 0. The Hall–Kier alpha value is -0.412. The molecule has 46 heavy (non-hydrogen) atoms. The van der Waals surface area contributed by atoms with Gasteiger partial charge in [0.2, 0.25) is 0 Å². The number of rotatable bonds is 8. The van der Waals surface area contributed by atoms with Gasteiger partial charge in [0.05, 0.1) is 52.4 Å². The van der Waals surface area contributed by atoms with Crippen LogP contribution in [0.1, 0.15) is 72.1 Å². The molecule has 0 aromatic heterocycles. The van der Waals surface area contributed by atoms with Gasteiger partial charge in [-0.05, 0) is 76.2 Å². The van der Waals surface area contributed by atoms with Gasteiger partial charge in [0.1, 0.15) is 0 Å². The summed E-state index contributed by atoms with van der Waals surface area (Å²) >= 11 is 29.5. The third kappa shape index (κ3) is 20.2. The maximum Gasteiger partial charge on any atom is 4.00 e. The largest absolute Gasteiger partial charge is 4.00 e. The molecule has 0 saturated heterocycles. The van der Waals surface area contributed by atoms with Crippen molar-refractivity contribution in [2.75, 3.05) is 52.4 Å². The first-order valence-corrected chi connectivity index (χ1v) is 18.6. The van der Waals surface area contributed by atoms with E-state index in [4.69, 9.17) is 75.8 Å². The van der Waals surface area contributed by atoms with E-state index in [9.17, 15) is 0 Å². The fraction of sp³-hybridized carbons (Fsp3) is 0.514. The van der Waals surface area contributed by atoms with E-state index in [1.54, 1.807) is 0 Å². The van der Waals surface area contributed by atoms with Gasteiger partial charge in [-0.15, -0.1) is 0 Å². The molecule has 0 radical (unpaired) electrons. The number of quaternary nitrogens is 2. The Bertz CT molecular complexity index is 1040. The monoisotopic (exact) mass is 820 g/mol. The molecule has 9 heteroatoms. The Labute approximate surface area is 332 Å². The number of hydrogen-bond acceptors (Lipinski definition) is 6. The molecule has 0 aliphatic carbocycles. The van der Waals surface area contributed by atoms with Crippen molar-refractivity contribution in [3.05, 3.63) is 71.3 Å². The molecule has 3 aromatic carbocycles. The van der Waals surface area contributed by atoms with Crippen LogP contribution in [0.3, 0.4) is 0 Å². The minimum atomic E-state index is 0. The molecule has 0 fully saturated rings. The van der Waals surface area contributed by atoms with Crippen molar-refractivity contribution >= 4 is 75.8 Å². The maximum atomic E-state index is 4.94. The van der Waals surface area contributed by atoms with Gasteiger partial charge in [-0.1, -0.05) is 71.3 Å². The molecule has 3 aromatic rings. The van der Waals surface area contributed by atoms with Crippen LogP contribution in [0.5, 0.6) is 0 Å². The summed E-state index contributed by atoms with van der Waals surface area (Å²) in [6.07, 6.45) is 0. The van der Waals surface area contributed by atoms with Crippen LogP contribution in [0.4, 0.5) is 0 Å². The summed E-state index contributed by atoms with van der Waals surface area (Å²) in [4.78, 5) is 4.67. The first-order valence-electron chi connectivity index (χ1n) is 16.1. The second-order valence-corrected chi connectivity index (χ2v) is 13.7. The molecule has 0 amide bonds. The molecule has 2 nitrogen and oxygen atoms in total. The minimum Gasteiger partial charge on any atom is -0.781 e. The fourth-order valence-electron chi connectivity index (χ4n) is 4.53. The van der Waals surface area contributed by atoms with Gasteiger partial charge in [0.25, 0.3) is 0 Å². The molecular weight excluding hydrogens is 761 g/mol. The second kappa shape index (κ2) is 27.4. The van der Waals surface area contributed by atoms with Gasteiger partial charge in [0, 0.05) is 0 Å². The first kappa shape index (κ1) is 50.0. The SMILES string of the molecule is CC[N+](CC)(CC)CC.CC[N+](CC)(CC)CC.Cc1ccc([S-])c([S-])c1.Cc1ccc([S-])c([S-])c1.Cc1ccc([S-])c([S-])c1.[Mo+4]. The van der Waals surface area contributed by atoms with Gasteiger partial charge in [0.15, 0.2) is 0 Å². The van der Waals surface area contributed by atoms with Crippen molar-refractivity contribution in [2.45, 2.75) is 106 Å². The topological polar surface area (TPSA) is 0 Å². The maximum absolute atomic E-state index is 4.94. The average molecular weight is 819 g/mol. The molecule has 0 saturated carbocycles. The first-order chi connectivity index (χ1) is 21.1. The van der Waals surface area contributed by atoms with Crippen molar-refractivity contribution in [1.82, 2.24) is 0 Å². The van der Waals surface area contributed by atoms with Crippen molar-refractivity contribution in [3.8, 4) is 0 Å². The summed E-state index contributed by atoms with van der Waals surface area (Å²) in [5.41, 5.74) is 3.52. The fourth-order valence-corrected chi connectivity index (χ4v) is 5.67. The molecule has 0 heterocycles. The summed E-state index contributed by atoms with van der Waals surface area (Å²) in [5.74, 6) is 0. The van der Waals surface area contributed by atoms with Crippen LogP contribution in [0, 0.1) is 20.8 Å². The predicted octanol–water partition coefficient (Wildman–Crippen LogP) is 9.18. The van der Waals surface area contributed by atoms with Crippen LogP contribution in [0.25, 0.3) is 0 Å². The van der Waals surface area contributed by atoms with Gasteiger partial charge in [-0.2, -0.15) is 29.4 Å². The molecule has 0 aliphatic heterocycles. The van der Waals surface area contributed by atoms with Crippen molar-refractivity contribution in [2.24, 2.45) is 0 Å². The Balaban J connectivity index is -0.000000500. The molecule has 0 spiro atoms. The molecule has 0 unspecified atom stereocenters. The summed E-state index contributed by atoms with van der Waals surface area (Å²) in [7, 11) is 0. The van der Waals surface area contributed by atoms with E-state index in [-0.39, 0.29) is 21.1 Å². The quantitative estimate of drug-likeness (QED) is 0.126. The van der Waals surface area contributed by atoms with Crippen LogP contribution in [0.15, 0.2) is 84.0 Å². The van der Waals surface area contributed by atoms with Gasteiger partial charge < -0.3 is 84.7 Å². The molecule has 0 bridgehead atoms. The van der Waals surface area contributed by atoms with Crippen molar-refractivity contribution < 1.29 is 30.0 Å². The van der Waals surface area contributed by atoms with Crippen molar-refractivity contribution in [1.29, 1.82) is 0 Å². The third-order valence-corrected chi connectivity index (χ3v) is 11.1. The zero-order chi connectivity index (χ0) is 35.2. The van der Waals surface area contributed by atoms with Crippen LogP contribution in [-0.2, 0) is 96.8 Å². The van der Waals surface area contributed by atoms with Crippen LogP contribution in [-0.4, -0.2) is 61.3 Å². The number of hydrogen-bond donors (Lipinski definition) is 0. The zero-order valence-electron chi connectivity index (χ0n) is 30.1. The van der Waals surface area contributed by atoms with E-state index in [2.05, 4.69) is 55.4 Å². The van der Waals surface area contributed by atoms with E-state index < -0.39 is 0 Å². The molecular formula is C37H58MoN2S6. The van der Waals surface area contributed by atoms with E-state index in [0.717, 1.165) is 29.4 Å². The Morgan fingerprint density at radius 1 is 0.348 bits per heavy atom. The van der Waals surface area contributed by atoms with E-state index in [1.807, 2.05) is 75.4 Å². The van der Waals surface area contributed by atoms with Crippen LogP contribution in [0.2, 0.25) is 0 Å². The Morgan fingerprint density at radius 3 is 0.609 bits per heavy atom. The van der Waals surface area contributed by atoms with E-state index >= 15 is 0 Å². The van der Waals surface area contributed by atoms with E-state index in [1.165, 1.54) is 78.0 Å². The van der Waals surface area contributed by atoms with Gasteiger partial charge in [-0.25, -0.2) is 0 Å². The molecule has 0 atom stereocenters. The van der Waals surface area contributed by atoms with Crippen molar-refractivity contribution in [3.63, 3.8) is 0 Å². The van der Waals surface area contributed by atoms with Gasteiger partial charge in [-0.3, -0.25) is 0 Å². The number of aryl methyl sites for hydroxylation is 3.